The van der Waals surface area contributed by atoms with E-state index in [9.17, 15) is 0 Å². The Labute approximate surface area is 538 Å². The fourth-order valence-electron chi connectivity index (χ4n) is 12.9. The van der Waals surface area contributed by atoms with E-state index >= 15 is 0 Å². The standard InChI is InChI=1S/C74H50N2S.C6H6.C6H8.C2H4/c1-74(58-23-4-2-5-24-58)68-29-15-14-28-64(68)65-45-56(36-41-69(65)74)57-37-42-72-66(46-57)67-47-62(76(61-40-35-50-18-9-11-21-54(50)44-61)70-30-16-22-52-19-12-13-27-63(52)70)48-71(73(67)77-72)75(59-25-6-3-7-26-59)60-38-33-51(34-39-60)55-32-31-49-17-8-10-20-53(49)43-55;1-2-4-6-5-3-1;1-3-5-6-4-2;1-2/h2-48H,1H3;1-6H;3-6H,1-2H2;1-2H2/b;;6-5-;. The molecule has 15 aromatic rings. The molecule has 1 aliphatic rings. The molecular weight excluding hydrogens is 1120 g/mol. The normalized spacial score (nSPS) is 12.8. The van der Waals surface area contributed by atoms with Gasteiger partial charge in [0.05, 0.1) is 16.1 Å². The molecule has 14 aromatic carbocycles. The van der Waals surface area contributed by atoms with Crippen LogP contribution >= 0.6 is 11.3 Å². The predicted molar refractivity (Wildman–Crippen MR) is 397 cm³/mol. The maximum atomic E-state index is 3.46. The second-order valence-electron chi connectivity index (χ2n) is 22.6. The van der Waals surface area contributed by atoms with Gasteiger partial charge >= 0.3 is 0 Å². The van der Waals surface area contributed by atoms with E-state index in [-0.39, 0.29) is 5.41 Å². The van der Waals surface area contributed by atoms with Gasteiger partial charge in [-0.15, -0.1) is 24.5 Å². The van der Waals surface area contributed by atoms with Crippen molar-refractivity contribution in [1.29, 1.82) is 0 Å². The second kappa shape index (κ2) is 26.5. The second-order valence-corrected chi connectivity index (χ2v) is 23.7. The Morgan fingerprint density at radius 3 is 1.52 bits per heavy atom. The minimum atomic E-state index is -0.256. The molecule has 1 atom stereocenters. The number of hydrogen-bond acceptors (Lipinski definition) is 3. The smallest absolute Gasteiger partial charge is 0.0661 e. The maximum Gasteiger partial charge on any atom is 0.0661 e. The molecule has 1 heterocycles. The van der Waals surface area contributed by atoms with E-state index < -0.39 is 0 Å². The highest BCUT2D eigenvalue weighted by Gasteiger charge is 2.40. The molecule has 0 bridgehead atoms. The van der Waals surface area contributed by atoms with Gasteiger partial charge in [-0.1, -0.05) is 280 Å². The molecule has 1 aromatic heterocycles. The van der Waals surface area contributed by atoms with E-state index in [1.54, 1.807) is 12.2 Å². The molecule has 1 unspecified atom stereocenters. The molecule has 3 heteroatoms. The zero-order valence-electron chi connectivity index (χ0n) is 51.0. The third-order valence-electron chi connectivity index (χ3n) is 17.3. The van der Waals surface area contributed by atoms with Crippen LogP contribution < -0.4 is 9.80 Å². The Balaban J connectivity index is 0.000000489. The first kappa shape index (κ1) is 58.6. The monoisotopic (exact) mass is 1180 g/mol. The van der Waals surface area contributed by atoms with Gasteiger partial charge in [0, 0.05) is 49.0 Å². The number of allylic oxidation sites excluding steroid dienone is 4. The van der Waals surface area contributed by atoms with E-state index in [0.29, 0.717) is 0 Å². The molecule has 1 aliphatic carbocycles. The first-order valence-electron chi connectivity index (χ1n) is 30.9. The highest BCUT2D eigenvalue weighted by Crippen LogP contribution is 2.54. The number of rotatable bonds is 11. The van der Waals surface area contributed by atoms with Gasteiger partial charge in [-0.05, 0) is 163 Å². The van der Waals surface area contributed by atoms with Gasteiger partial charge in [0.1, 0.15) is 0 Å². The van der Waals surface area contributed by atoms with E-state index in [1.165, 1.54) is 103 Å². The van der Waals surface area contributed by atoms with Crippen molar-refractivity contribution in [3.8, 4) is 33.4 Å². The summed E-state index contributed by atoms with van der Waals surface area (Å²) in [5.41, 5.74) is 17.7. The van der Waals surface area contributed by atoms with Crippen molar-refractivity contribution in [2.45, 2.75) is 12.3 Å². The Kier molecular flexibility index (Phi) is 17.1. The van der Waals surface area contributed by atoms with Gasteiger partial charge in [-0.25, -0.2) is 0 Å². The van der Waals surface area contributed by atoms with Gasteiger partial charge in [-0.3, -0.25) is 0 Å². The van der Waals surface area contributed by atoms with Crippen molar-refractivity contribution < 1.29 is 0 Å². The predicted octanol–water partition coefficient (Wildman–Crippen LogP) is 25.5. The quantitative estimate of drug-likeness (QED) is 0.0941. The lowest BCUT2D eigenvalue weighted by molar-refractivity contribution is 0.714. The van der Waals surface area contributed by atoms with Crippen LogP contribution in [-0.4, -0.2) is 0 Å². The molecular formula is C88H68N2S. The van der Waals surface area contributed by atoms with Crippen LogP contribution in [0.3, 0.4) is 0 Å². The summed E-state index contributed by atoms with van der Waals surface area (Å²) in [6.45, 7) is 15.3. The van der Waals surface area contributed by atoms with Crippen LogP contribution in [0, 0.1) is 0 Å². The first-order chi connectivity index (χ1) is 44.9. The molecule has 91 heavy (non-hydrogen) atoms. The van der Waals surface area contributed by atoms with Crippen LogP contribution in [0.1, 0.15) is 23.6 Å². The number of thiophene rings is 1. The Morgan fingerprint density at radius 2 is 0.813 bits per heavy atom. The molecule has 0 radical (unpaired) electrons. The molecule has 436 valence electrons. The lowest BCUT2D eigenvalue weighted by Crippen LogP contribution is -2.22. The first-order valence-corrected chi connectivity index (χ1v) is 31.7. The molecule has 0 saturated carbocycles. The summed E-state index contributed by atoms with van der Waals surface area (Å²) in [6.07, 6.45) is 7.07. The van der Waals surface area contributed by atoms with Gasteiger partial charge < -0.3 is 9.80 Å². The number of para-hydroxylation sites is 1. The minimum absolute atomic E-state index is 0.256. The van der Waals surface area contributed by atoms with Crippen LogP contribution in [0.5, 0.6) is 0 Å². The molecule has 2 nitrogen and oxygen atoms in total. The third-order valence-corrected chi connectivity index (χ3v) is 18.5. The van der Waals surface area contributed by atoms with Crippen LogP contribution in [0.25, 0.3) is 85.9 Å². The average Bonchev–Trinajstić information content (AvgIpc) is 1.58. The van der Waals surface area contributed by atoms with Crippen LogP contribution in [0.2, 0.25) is 0 Å². The molecule has 0 aliphatic heterocycles. The Bertz CT molecular complexity index is 5060. The largest absolute Gasteiger partial charge is 0.310 e. The van der Waals surface area contributed by atoms with Crippen LogP contribution in [-0.2, 0) is 5.41 Å². The zero-order valence-corrected chi connectivity index (χ0v) is 51.9. The molecule has 0 fully saturated rings. The van der Waals surface area contributed by atoms with Gasteiger partial charge in [0.25, 0.3) is 0 Å². The summed E-state index contributed by atoms with van der Waals surface area (Å²) in [5, 5.41) is 9.72. The number of hydrogen-bond donors (Lipinski definition) is 0. The summed E-state index contributed by atoms with van der Waals surface area (Å²) < 4.78 is 2.47. The average molecular weight is 1190 g/mol. The lowest BCUT2D eigenvalue weighted by atomic mass is 9.74. The van der Waals surface area contributed by atoms with E-state index in [1.807, 2.05) is 59.9 Å². The Morgan fingerprint density at radius 1 is 0.319 bits per heavy atom. The highest BCUT2D eigenvalue weighted by atomic mass is 32.1. The van der Waals surface area contributed by atoms with Crippen molar-refractivity contribution in [1.82, 2.24) is 0 Å². The highest BCUT2D eigenvalue weighted by molar-refractivity contribution is 7.26. The molecule has 0 saturated heterocycles. The summed E-state index contributed by atoms with van der Waals surface area (Å²) >= 11 is 1.88. The minimum Gasteiger partial charge on any atom is -0.310 e. The number of anilines is 6. The fourth-order valence-corrected chi connectivity index (χ4v) is 14.1. The van der Waals surface area contributed by atoms with E-state index in [4.69, 9.17) is 0 Å². The Hall–Kier alpha value is -11.4. The van der Waals surface area contributed by atoms with Gasteiger partial charge in [0.2, 0.25) is 0 Å². The van der Waals surface area contributed by atoms with Crippen LogP contribution in [0.15, 0.2) is 372 Å². The third kappa shape index (κ3) is 11.6. The molecule has 0 amide bonds. The summed E-state index contributed by atoms with van der Waals surface area (Å²) in [7, 11) is 0. The van der Waals surface area contributed by atoms with Crippen molar-refractivity contribution >= 4 is 98.0 Å². The number of nitrogens with zero attached hydrogens (tertiary/aromatic N) is 2. The number of fused-ring (bicyclic) bond motifs is 9. The summed E-state index contributed by atoms with van der Waals surface area (Å²) in [5.74, 6) is 0. The molecule has 0 N–H and O–H groups in total. The summed E-state index contributed by atoms with van der Waals surface area (Å²) in [4.78, 5) is 4.95. The SMILES string of the molecule is C=C.C=C/C=C\C=C.CC1(c2ccccc2)c2ccccc2-c2cc(-c3ccc4sc5c(N(c6ccccc6)c6ccc(-c7ccc8ccccc8c7)cc6)cc(N(c6ccc7ccccc7c6)c6cccc7ccccc67)cc5c4c3)ccc21.c1ccccc1. The number of benzene rings is 14. The van der Waals surface area contributed by atoms with Crippen molar-refractivity contribution in [3.63, 3.8) is 0 Å². The van der Waals surface area contributed by atoms with E-state index in [2.05, 4.69) is 328 Å². The van der Waals surface area contributed by atoms with Crippen molar-refractivity contribution in [3.05, 3.63) is 389 Å². The van der Waals surface area contributed by atoms with Gasteiger partial charge in [-0.2, -0.15) is 0 Å². The van der Waals surface area contributed by atoms with Gasteiger partial charge in [0.15, 0.2) is 0 Å². The maximum absolute atomic E-state index is 3.46. The van der Waals surface area contributed by atoms with Crippen molar-refractivity contribution in [2.75, 3.05) is 9.80 Å². The lowest BCUT2D eigenvalue weighted by Gasteiger charge is -2.31. The summed E-state index contributed by atoms with van der Waals surface area (Å²) in [6, 6.07) is 118. The van der Waals surface area contributed by atoms with Crippen molar-refractivity contribution in [2.24, 2.45) is 0 Å². The topological polar surface area (TPSA) is 6.48 Å². The molecule has 16 rings (SSSR count). The van der Waals surface area contributed by atoms with Crippen LogP contribution in [0.4, 0.5) is 34.1 Å². The van der Waals surface area contributed by atoms with E-state index in [0.717, 1.165) is 34.1 Å². The zero-order chi connectivity index (χ0) is 62.1. The fraction of sp³-hybridized carbons (Fsp3) is 0.0227. The molecule has 0 spiro atoms.